The van der Waals surface area contributed by atoms with Gasteiger partial charge in [-0.2, -0.15) is 0 Å². The van der Waals surface area contributed by atoms with Crippen molar-refractivity contribution in [1.82, 2.24) is 0 Å². The summed E-state index contributed by atoms with van der Waals surface area (Å²) < 4.78 is 0. The van der Waals surface area contributed by atoms with Gasteiger partial charge in [-0.25, -0.2) is 0 Å². The molecule has 0 radical (unpaired) electrons. The fraction of sp³-hybridized carbons (Fsp3) is 0.0833. The summed E-state index contributed by atoms with van der Waals surface area (Å²) in [6, 6.07) is 23.7. The summed E-state index contributed by atoms with van der Waals surface area (Å²) in [6.45, 7) is 3.42. The highest BCUT2D eigenvalue weighted by Crippen LogP contribution is 2.36. The van der Waals surface area contributed by atoms with Gasteiger partial charge < -0.3 is 0 Å². The first-order chi connectivity index (χ1) is 13.0. The molecule has 132 valence electrons. The number of amides is 1. The quantitative estimate of drug-likeness (QED) is 0.590. The number of allylic oxidation sites excluding steroid dienone is 1. The average molecular weight is 353 g/mol. The number of carbonyl (C=O) groups excluding carboxylic acids is 2. The Balaban J connectivity index is 1.73. The normalized spacial score (nSPS) is 14.5. The zero-order valence-electron chi connectivity index (χ0n) is 15.3. The van der Waals surface area contributed by atoms with Crippen LogP contribution in [-0.2, 0) is 4.79 Å². The van der Waals surface area contributed by atoms with Crippen LogP contribution in [0.1, 0.15) is 28.4 Å². The minimum Gasteiger partial charge on any atom is -0.287 e. The van der Waals surface area contributed by atoms with E-state index in [4.69, 9.17) is 0 Å². The van der Waals surface area contributed by atoms with E-state index >= 15 is 0 Å². The standard InChI is InChI=1S/C24H19NO2/c1-16-8-13-22-21(14-16)24(27)23(25(22)17(2)26)15-18-9-11-20(12-10-18)19-6-4-3-5-7-19/h3-15H,1-2H3/b23-15+. The van der Waals surface area contributed by atoms with E-state index in [1.165, 1.54) is 11.8 Å². The summed E-state index contributed by atoms with van der Waals surface area (Å²) in [7, 11) is 0. The second-order valence-electron chi connectivity index (χ2n) is 6.72. The lowest BCUT2D eigenvalue weighted by Gasteiger charge is -2.16. The van der Waals surface area contributed by atoms with Crippen molar-refractivity contribution >= 4 is 23.5 Å². The number of benzene rings is 3. The predicted molar refractivity (Wildman–Crippen MR) is 109 cm³/mol. The van der Waals surface area contributed by atoms with Gasteiger partial charge in [0.05, 0.1) is 11.4 Å². The molecule has 0 saturated heterocycles. The maximum absolute atomic E-state index is 12.9. The first kappa shape index (κ1) is 17.0. The van der Waals surface area contributed by atoms with Gasteiger partial charge in [0.2, 0.25) is 11.7 Å². The van der Waals surface area contributed by atoms with Crippen molar-refractivity contribution in [2.45, 2.75) is 13.8 Å². The number of hydrogen-bond donors (Lipinski definition) is 0. The molecule has 3 aromatic rings. The van der Waals surface area contributed by atoms with Gasteiger partial charge in [-0.15, -0.1) is 0 Å². The molecular formula is C24H19NO2. The second-order valence-corrected chi connectivity index (χ2v) is 6.72. The molecule has 1 heterocycles. The number of nitrogens with zero attached hydrogens (tertiary/aromatic N) is 1. The van der Waals surface area contributed by atoms with Crippen LogP contribution in [0.25, 0.3) is 17.2 Å². The Kier molecular flexibility index (Phi) is 4.21. The monoisotopic (exact) mass is 353 g/mol. The Morgan fingerprint density at radius 1 is 0.889 bits per heavy atom. The summed E-state index contributed by atoms with van der Waals surface area (Å²) in [5.41, 5.74) is 5.77. The van der Waals surface area contributed by atoms with Crippen LogP contribution in [0.4, 0.5) is 5.69 Å². The van der Waals surface area contributed by atoms with Gasteiger partial charge >= 0.3 is 0 Å². The van der Waals surface area contributed by atoms with Crippen molar-refractivity contribution in [3.05, 3.63) is 95.2 Å². The zero-order valence-corrected chi connectivity index (χ0v) is 15.3. The van der Waals surface area contributed by atoms with Gasteiger partial charge in [0.25, 0.3) is 0 Å². The van der Waals surface area contributed by atoms with Crippen molar-refractivity contribution in [2.24, 2.45) is 0 Å². The van der Waals surface area contributed by atoms with Gasteiger partial charge in [-0.3, -0.25) is 14.5 Å². The lowest BCUT2D eigenvalue weighted by atomic mass is 10.0. The molecule has 1 amide bonds. The number of aryl methyl sites for hydroxylation is 1. The Hall–Kier alpha value is -3.46. The van der Waals surface area contributed by atoms with E-state index in [-0.39, 0.29) is 11.7 Å². The summed E-state index contributed by atoms with van der Waals surface area (Å²) in [5, 5.41) is 0. The molecule has 1 aliphatic heterocycles. The molecule has 1 aliphatic rings. The second kappa shape index (κ2) is 6.69. The smallest absolute Gasteiger partial charge is 0.228 e. The van der Waals surface area contributed by atoms with Crippen LogP contribution in [0.5, 0.6) is 0 Å². The molecular weight excluding hydrogens is 334 g/mol. The van der Waals surface area contributed by atoms with Crippen LogP contribution in [0, 0.1) is 6.92 Å². The summed E-state index contributed by atoms with van der Waals surface area (Å²) in [5.74, 6) is -0.283. The van der Waals surface area contributed by atoms with E-state index in [1.54, 1.807) is 6.08 Å². The maximum Gasteiger partial charge on any atom is 0.228 e. The molecule has 4 rings (SSSR count). The van der Waals surface area contributed by atoms with Gasteiger partial charge in [0.15, 0.2) is 0 Å². The molecule has 27 heavy (non-hydrogen) atoms. The Morgan fingerprint density at radius 3 is 2.22 bits per heavy atom. The van der Waals surface area contributed by atoms with Crippen LogP contribution in [0.2, 0.25) is 0 Å². The highest BCUT2D eigenvalue weighted by molar-refractivity contribution is 6.26. The summed E-state index contributed by atoms with van der Waals surface area (Å²) in [6.07, 6.45) is 1.79. The highest BCUT2D eigenvalue weighted by atomic mass is 16.2. The van der Waals surface area contributed by atoms with E-state index in [2.05, 4.69) is 12.1 Å². The van der Waals surface area contributed by atoms with Crippen LogP contribution >= 0.6 is 0 Å². The SMILES string of the molecule is CC(=O)N1/C(=C/c2ccc(-c3ccccc3)cc2)C(=O)c2cc(C)ccc21. The summed E-state index contributed by atoms with van der Waals surface area (Å²) >= 11 is 0. The van der Waals surface area contributed by atoms with Crippen molar-refractivity contribution in [2.75, 3.05) is 4.90 Å². The number of Topliss-reactive ketones (excluding diaryl/α,β-unsaturated/α-hetero) is 1. The predicted octanol–water partition coefficient (Wildman–Crippen LogP) is 5.25. The topological polar surface area (TPSA) is 37.4 Å². The number of fused-ring (bicyclic) bond motifs is 1. The number of hydrogen-bond acceptors (Lipinski definition) is 2. The molecule has 0 bridgehead atoms. The van der Waals surface area contributed by atoms with E-state index in [9.17, 15) is 9.59 Å². The highest BCUT2D eigenvalue weighted by Gasteiger charge is 2.34. The Morgan fingerprint density at radius 2 is 1.56 bits per heavy atom. The number of anilines is 1. The van der Waals surface area contributed by atoms with E-state index in [0.29, 0.717) is 16.9 Å². The zero-order chi connectivity index (χ0) is 19.0. The molecule has 0 spiro atoms. The van der Waals surface area contributed by atoms with Crippen LogP contribution in [-0.4, -0.2) is 11.7 Å². The first-order valence-corrected chi connectivity index (χ1v) is 8.88. The van der Waals surface area contributed by atoms with Crippen LogP contribution in [0.15, 0.2) is 78.5 Å². The fourth-order valence-corrected chi connectivity index (χ4v) is 3.43. The molecule has 0 N–H and O–H groups in total. The molecule has 0 aliphatic carbocycles. The average Bonchev–Trinajstić information content (AvgIpc) is 2.95. The fourth-order valence-electron chi connectivity index (χ4n) is 3.43. The first-order valence-electron chi connectivity index (χ1n) is 8.88. The summed E-state index contributed by atoms with van der Waals surface area (Å²) in [4.78, 5) is 26.6. The van der Waals surface area contributed by atoms with Crippen LogP contribution in [0.3, 0.4) is 0 Å². The number of carbonyl (C=O) groups is 2. The molecule has 3 nitrogen and oxygen atoms in total. The molecule has 0 unspecified atom stereocenters. The molecule has 0 fully saturated rings. The van der Waals surface area contributed by atoms with E-state index < -0.39 is 0 Å². The maximum atomic E-state index is 12.9. The number of ketones is 1. The molecule has 3 aromatic carbocycles. The van der Waals surface area contributed by atoms with Gasteiger partial charge in [0, 0.05) is 12.5 Å². The van der Waals surface area contributed by atoms with Crippen molar-refractivity contribution in [1.29, 1.82) is 0 Å². The molecule has 0 atom stereocenters. The molecule has 0 saturated carbocycles. The van der Waals surface area contributed by atoms with Gasteiger partial charge in [-0.05, 0) is 41.8 Å². The Bertz CT molecular complexity index is 1060. The third kappa shape index (κ3) is 3.08. The largest absolute Gasteiger partial charge is 0.287 e. The third-order valence-electron chi connectivity index (χ3n) is 4.75. The van der Waals surface area contributed by atoms with Crippen LogP contribution < -0.4 is 4.90 Å². The van der Waals surface area contributed by atoms with E-state index in [1.807, 2.05) is 67.6 Å². The van der Waals surface area contributed by atoms with Gasteiger partial charge in [-0.1, -0.05) is 66.2 Å². The van der Waals surface area contributed by atoms with Crippen molar-refractivity contribution in [3.63, 3.8) is 0 Å². The lowest BCUT2D eigenvalue weighted by Crippen LogP contribution is -2.25. The molecule has 0 aromatic heterocycles. The minimum absolute atomic E-state index is 0.115. The van der Waals surface area contributed by atoms with Crippen molar-refractivity contribution < 1.29 is 9.59 Å². The molecule has 3 heteroatoms. The third-order valence-corrected chi connectivity index (χ3v) is 4.75. The lowest BCUT2D eigenvalue weighted by molar-refractivity contribution is -0.116. The van der Waals surface area contributed by atoms with Crippen molar-refractivity contribution in [3.8, 4) is 11.1 Å². The minimum atomic E-state index is -0.168. The van der Waals surface area contributed by atoms with E-state index in [0.717, 1.165) is 22.3 Å². The Labute approximate surface area is 158 Å². The number of rotatable bonds is 2. The van der Waals surface area contributed by atoms with Gasteiger partial charge in [0.1, 0.15) is 0 Å².